The third-order valence-corrected chi connectivity index (χ3v) is 1.63. The van der Waals surface area contributed by atoms with Gasteiger partial charge in [0.1, 0.15) is 0 Å². The van der Waals surface area contributed by atoms with Gasteiger partial charge >= 0.3 is 5.97 Å². The highest BCUT2D eigenvalue weighted by Crippen LogP contribution is 2.03. The number of pyridine rings is 1. The van der Waals surface area contributed by atoms with E-state index in [2.05, 4.69) is 26.9 Å². The lowest BCUT2D eigenvalue weighted by atomic mass is 10.2. The van der Waals surface area contributed by atoms with Crippen LogP contribution in [0.3, 0.4) is 0 Å². The monoisotopic (exact) mass is 216 g/mol. The van der Waals surface area contributed by atoms with Crippen molar-refractivity contribution in [3.63, 3.8) is 0 Å². The Bertz CT molecular complexity index is 495. The van der Waals surface area contributed by atoms with E-state index in [0.29, 0.717) is 12.0 Å². The van der Waals surface area contributed by atoms with Crippen LogP contribution >= 0.6 is 0 Å². The molecule has 0 atom stereocenters. The number of carboxylic acids is 1. The second-order valence-electron chi connectivity index (χ2n) is 2.71. The Morgan fingerprint density at radius 1 is 1.69 bits per heavy atom. The topological polar surface area (TPSA) is 99.0 Å². The molecule has 16 heavy (non-hydrogen) atoms. The summed E-state index contributed by atoms with van der Waals surface area (Å²) in [5.41, 5.74) is 8.31. The third kappa shape index (κ3) is 3.33. The molecule has 0 fully saturated rings. The Hall–Kier alpha value is -2.51. The first kappa shape index (κ1) is 11.6. The molecule has 0 spiro atoms. The van der Waals surface area contributed by atoms with Crippen LogP contribution in [0.1, 0.15) is 22.5 Å². The average Bonchev–Trinajstić information content (AvgIpc) is 2.29. The molecule has 0 radical (unpaired) electrons. The lowest BCUT2D eigenvalue weighted by molar-refractivity contribution is 0.0690. The molecule has 1 aromatic rings. The van der Waals surface area contributed by atoms with Gasteiger partial charge in [0.05, 0.1) is 5.56 Å². The molecule has 0 saturated carbocycles. The van der Waals surface area contributed by atoms with E-state index in [1.807, 2.05) is 0 Å². The lowest BCUT2D eigenvalue weighted by Gasteiger charge is -1.95. The normalized spacial score (nSPS) is 8.50. The Kier molecular flexibility index (Phi) is 4.38. The molecule has 0 aromatic carbocycles. The van der Waals surface area contributed by atoms with Crippen LogP contribution in [0.2, 0.25) is 0 Å². The van der Waals surface area contributed by atoms with Gasteiger partial charge in [-0.15, -0.1) is 0 Å². The van der Waals surface area contributed by atoms with Crippen molar-refractivity contribution < 1.29 is 9.90 Å². The number of carbonyl (C=O) groups is 1. The highest BCUT2D eigenvalue weighted by molar-refractivity contribution is 5.88. The summed E-state index contributed by atoms with van der Waals surface area (Å²) in [5.74, 6) is 4.28. The summed E-state index contributed by atoms with van der Waals surface area (Å²) in [5, 5.41) is 12.1. The van der Waals surface area contributed by atoms with Crippen LogP contribution in [-0.4, -0.2) is 22.6 Å². The zero-order valence-corrected chi connectivity index (χ0v) is 8.29. The first-order valence-electron chi connectivity index (χ1n) is 4.43. The van der Waals surface area contributed by atoms with E-state index in [1.54, 1.807) is 12.1 Å². The Labute approximate surface area is 91.6 Å². The number of hydrogen-bond donors (Lipinski definition) is 1. The van der Waals surface area contributed by atoms with Gasteiger partial charge in [-0.25, -0.2) is 9.78 Å². The van der Waals surface area contributed by atoms with Crippen molar-refractivity contribution in [2.24, 2.45) is 5.11 Å². The fourth-order valence-electron chi connectivity index (χ4n) is 0.985. The summed E-state index contributed by atoms with van der Waals surface area (Å²) in [7, 11) is 0. The van der Waals surface area contributed by atoms with Crippen molar-refractivity contribution in [2.45, 2.75) is 6.42 Å². The minimum absolute atomic E-state index is 0.0706. The first-order chi connectivity index (χ1) is 7.75. The standard InChI is InChI=1S/C10H8N4O2/c11-14-13-7-2-1-4-8-5-3-6-12-9(8)10(15)16/h3,5-6H,2,7H2,(H,15,16). The third-order valence-electron chi connectivity index (χ3n) is 1.63. The van der Waals surface area contributed by atoms with Gasteiger partial charge in [0, 0.05) is 24.1 Å². The second-order valence-corrected chi connectivity index (χ2v) is 2.71. The molecule has 0 aliphatic carbocycles. The first-order valence-corrected chi connectivity index (χ1v) is 4.43. The van der Waals surface area contributed by atoms with Gasteiger partial charge in [-0.2, -0.15) is 0 Å². The van der Waals surface area contributed by atoms with Crippen LogP contribution in [0.15, 0.2) is 23.4 Å². The summed E-state index contributed by atoms with van der Waals surface area (Å²) < 4.78 is 0. The number of azide groups is 1. The molecule has 0 amide bonds. The second kappa shape index (κ2) is 6.06. The van der Waals surface area contributed by atoms with E-state index < -0.39 is 5.97 Å². The van der Waals surface area contributed by atoms with Crippen molar-refractivity contribution >= 4 is 5.97 Å². The smallest absolute Gasteiger partial charge is 0.355 e. The quantitative estimate of drug-likeness (QED) is 0.274. The molecule has 6 heteroatoms. The van der Waals surface area contributed by atoms with Gasteiger partial charge in [-0.3, -0.25) is 0 Å². The number of nitrogens with zero attached hydrogens (tertiary/aromatic N) is 4. The molecule has 80 valence electrons. The number of hydrogen-bond acceptors (Lipinski definition) is 3. The van der Waals surface area contributed by atoms with E-state index in [4.69, 9.17) is 10.6 Å². The molecule has 0 saturated heterocycles. The van der Waals surface area contributed by atoms with Gasteiger partial charge in [-0.1, -0.05) is 17.0 Å². The van der Waals surface area contributed by atoms with Crippen LogP contribution in [0.25, 0.3) is 10.4 Å². The maximum Gasteiger partial charge on any atom is 0.355 e. The highest BCUT2D eigenvalue weighted by atomic mass is 16.4. The average molecular weight is 216 g/mol. The fraction of sp³-hybridized carbons (Fsp3) is 0.200. The number of aromatic carboxylic acids is 1. The Balaban J connectivity index is 2.80. The maximum absolute atomic E-state index is 10.8. The fourth-order valence-corrected chi connectivity index (χ4v) is 0.985. The molecule has 0 aliphatic heterocycles. The van der Waals surface area contributed by atoms with Crippen molar-refractivity contribution in [1.82, 2.24) is 4.98 Å². The SMILES string of the molecule is [N-]=[N+]=NCCC#Cc1cccnc1C(=O)O. The molecule has 1 heterocycles. The summed E-state index contributed by atoms with van der Waals surface area (Å²) in [4.78, 5) is 17.0. The summed E-state index contributed by atoms with van der Waals surface area (Å²) in [6, 6.07) is 3.20. The zero-order chi connectivity index (χ0) is 11.8. The largest absolute Gasteiger partial charge is 0.476 e. The summed E-state index contributed by atoms with van der Waals surface area (Å²) >= 11 is 0. The predicted octanol–water partition coefficient (Wildman–Crippen LogP) is 1.83. The van der Waals surface area contributed by atoms with Gasteiger partial charge in [0.15, 0.2) is 5.69 Å². The van der Waals surface area contributed by atoms with E-state index in [-0.39, 0.29) is 12.2 Å². The molecule has 1 rings (SSSR count). The molecular formula is C10H8N4O2. The molecule has 0 unspecified atom stereocenters. The minimum atomic E-state index is -1.11. The summed E-state index contributed by atoms with van der Waals surface area (Å²) in [6.07, 6.45) is 1.78. The molecule has 1 aromatic heterocycles. The van der Waals surface area contributed by atoms with Crippen LogP contribution in [0, 0.1) is 11.8 Å². The van der Waals surface area contributed by atoms with E-state index in [0.717, 1.165) is 0 Å². The van der Waals surface area contributed by atoms with E-state index in [1.165, 1.54) is 6.20 Å². The van der Waals surface area contributed by atoms with Crippen molar-refractivity contribution in [2.75, 3.05) is 6.54 Å². The molecule has 0 bridgehead atoms. The van der Waals surface area contributed by atoms with Crippen LogP contribution in [-0.2, 0) is 0 Å². The molecule has 6 nitrogen and oxygen atoms in total. The number of carboxylic acid groups (broad SMARTS) is 1. The highest BCUT2D eigenvalue weighted by Gasteiger charge is 2.07. The number of rotatable bonds is 3. The van der Waals surface area contributed by atoms with Crippen LogP contribution in [0.4, 0.5) is 0 Å². The molecular weight excluding hydrogens is 208 g/mol. The molecule has 1 N–H and O–H groups in total. The predicted molar refractivity (Wildman–Crippen MR) is 56.7 cm³/mol. The van der Waals surface area contributed by atoms with E-state index in [9.17, 15) is 4.79 Å². The van der Waals surface area contributed by atoms with Crippen molar-refractivity contribution in [3.8, 4) is 11.8 Å². The zero-order valence-electron chi connectivity index (χ0n) is 8.29. The van der Waals surface area contributed by atoms with Crippen molar-refractivity contribution in [1.29, 1.82) is 0 Å². The minimum Gasteiger partial charge on any atom is -0.476 e. The van der Waals surface area contributed by atoms with E-state index >= 15 is 0 Å². The van der Waals surface area contributed by atoms with Crippen LogP contribution < -0.4 is 0 Å². The Morgan fingerprint density at radius 3 is 3.19 bits per heavy atom. The summed E-state index contributed by atoms with van der Waals surface area (Å²) in [6.45, 7) is 0.270. The molecule has 0 aliphatic rings. The number of aromatic nitrogens is 1. The van der Waals surface area contributed by atoms with Crippen LogP contribution in [0.5, 0.6) is 0 Å². The van der Waals surface area contributed by atoms with Crippen molar-refractivity contribution in [3.05, 3.63) is 40.0 Å². The van der Waals surface area contributed by atoms with Gasteiger partial charge < -0.3 is 5.11 Å². The van der Waals surface area contributed by atoms with Gasteiger partial charge in [0.2, 0.25) is 0 Å². The Morgan fingerprint density at radius 2 is 2.50 bits per heavy atom. The maximum atomic E-state index is 10.8. The van der Waals surface area contributed by atoms with Gasteiger partial charge in [0.25, 0.3) is 0 Å². The lowest BCUT2D eigenvalue weighted by Crippen LogP contribution is -2.02. The van der Waals surface area contributed by atoms with Gasteiger partial charge in [-0.05, 0) is 17.7 Å².